The predicted octanol–water partition coefficient (Wildman–Crippen LogP) is 3.24. The van der Waals surface area contributed by atoms with Crippen LogP contribution in [0.2, 0.25) is 0 Å². The summed E-state index contributed by atoms with van der Waals surface area (Å²) in [6.07, 6.45) is 6.55. The molecule has 23 heavy (non-hydrogen) atoms. The highest BCUT2D eigenvalue weighted by Gasteiger charge is 2.32. The van der Waals surface area contributed by atoms with Gasteiger partial charge in [-0.3, -0.25) is 9.48 Å². The zero-order chi connectivity index (χ0) is 16.4. The maximum absolute atomic E-state index is 12.5. The van der Waals surface area contributed by atoms with Gasteiger partial charge < -0.3 is 9.42 Å². The molecule has 1 amide bonds. The minimum absolute atomic E-state index is 0.0319. The second kappa shape index (κ2) is 6.56. The first-order valence-corrected chi connectivity index (χ1v) is 8.37. The lowest BCUT2D eigenvalue weighted by molar-refractivity contribution is -0.135. The Morgan fingerprint density at radius 3 is 2.96 bits per heavy atom. The number of aromatic nitrogens is 3. The van der Waals surface area contributed by atoms with Crippen molar-refractivity contribution in [3.05, 3.63) is 23.7 Å². The summed E-state index contributed by atoms with van der Waals surface area (Å²) < 4.78 is 7.22. The molecule has 0 aromatic carbocycles. The van der Waals surface area contributed by atoms with Gasteiger partial charge in [-0.05, 0) is 32.6 Å². The SMILES string of the molecule is CCCC(=O)N1CCCC[C@H]1c1nn(C)cc1-c1cc(C)no1. The number of likely N-dealkylation sites (tertiary alicyclic amines) is 1. The van der Waals surface area contributed by atoms with Crippen molar-refractivity contribution in [2.45, 2.75) is 52.0 Å². The minimum atomic E-state index is 0.0319. The molecule has 0 N–H and O–H groups in total. The van der Waals surface area contributed by atoms with Crippen molar-refractivity contribution in [2.75, 3.05) is 6.54 Å². The molecule has 0 saturated carbocycles. The second-order valence-electron chi connectivity index (χ2n) is 6.28. The Labute approximate surface area is 136 Å². The number of nitrogens with zero attached hydrogens (tertiary/aromatic N) is 4. The molecule has 6 nitrogen and oxygen atoms in total. The smallest absolute Gasteiger partial charge is 0.223 e. The summed E-state index contributed by atoms with van der Waals surface area (Å²) in [7, 11) is 1.90. The van der Waals surface area contributed by atoms with E-state index < -0.39 is 0 Å². The van der Waals surface area contributed by atoms with Gasteiger partial charge in [0.1, 0.15) is 0 Å². The molecule has 1 atom stereocenters. The molecule has 3 rings (SSSR count). The molecule has 0 unspecified atom stereocenters. The number of hydrogen-bond acceptors (Lipinski definition) is 4. The molecule has 0 aliphatic carbocycles. The molecule has 0 radical (unpaired) electrons. The first-order chi connectivity index (χ1) is 11.1. The molecule has 0 spiro atoms. The van der Waals surface area contributed by atoms with E-state index in [2.05, 4.69) is 10.3 Å². The Kier molecular flexibility index (Phi) is 4.50. The number of piperidine rings is 1. The van der Waals surface area contributed by atoms with Crippen LogP contribution in [-0.4, -0.2) is 32.3 Å². The van der Waals surface area contributed by atoms with Gasteiger partial charge in [0, 0.05) is 32.3 Å². The van der Waals surface area contributed by atoms with Gasteiger partial charge >= 0.3 is 0 Å². The van der Waals surface area contributed by atoms with E-state index in [1.165, 1.54) is 0 Å². The molecule has 3 heterocycles. The van der Waals surface area contributed by atoms with E-state index in [9.17, 15) is 4.79 Å². The van der Waals surface area contributed by atoms with Gasteiger partial charge in [0.15, 0.2) is 5.76 Å². The van der Waals surface area contributed by atoms with E-state index >= 15 is 0 Å². The van der Waals surface area contributed by atoms with E-state index in [1.54, 1.807) is 4.68 Å². The van der Waals surface area contributed by atoms with Crippen LogP contribution in [-0.2, 0) is 11.8 Å². The first kappa shape index (κ1) is 15.8. The third-order valence-electron chi connectivity index (χ3n) is 4.35. The molecule has 0 bridgehead atoms. The van der Waals surface area contributed by atoms with Gasteiger partial charge in [0.05, 0.1) is 23.0 Å². The molecule has 2 aromatic heterocycles. The fraction of sp³-hybridized carbons (Fsp3) is 0.588. The van der Waals surface area contributed by atoms with E-state index in [4.69, 9.17) is 4.52 Å². The zero-order valence-electron chi connectivity index (χ0n) is 14.1. The largest absolute Gasteiger partial charge is 0.356 e. The maximum atomic E-state index is 12.5. The van der Waals surface area contributed by atoms with Crippen LogP contribution in [0.4, 0.5) is 0 Å². The van der Waals surface area contributed by atoms with Gasteiger partial charge in [-0.15, -0.1) is 0 Å². The lowest BCUT2D eigenvalue weighted by atomic mass is 9.96. The molecule has 1 saturated heterocycles. The van der Waals surface area contributed by atoms with Crippen LogP contribution in [0, 0.1) is 6.92 Å². The van der Waals surface area contributed by atoms with E-state index in [0.717, 1.165) is 54.9 Å². The van der Waals surface area contributed by atoms with Crippen molar-refractivity contribution in [2.24, 2.45) is 7.05 Å². The van der Waals surface area contributed by atoms with Crippen molar-refractivity contribution in [1.29, 1.82) is 0 Å². The summed E-state index contributed by atoms with van der Waals surface area (Å²) in [6.45, 7) is 4.76. The number of carbonyl (C=O) groups is 1. The van der Waals surface area contributed by atoms with Gasteiger partial charge in [0.25, 0.3) is 0 Å². The Morgan fingerprint density at radius 2 is 2.26 bits per heavy atom. The highest BCUT2D eigenvalue weighted by Crippen LogP contribution is 2.36. The van der Waals surface area contributed by atoms with Crippen molar-refractivity contribution < 1.29 is 9.32 Å². The van der Waals surface area contributed by atoms with Crippen LogP contribution >= 0.6 is 0 Å². The molecule has 1 aliphatic rings. The van der Waals surface area contributed by atoms with Crippen molar-refractivity contribution in [3.63, 3.8) is 0 Å². The van der Waals surface area contributed by atoms with Gasteiger partial charge in [-0.2, -0.15) is 5.10 Å². The Balaban J connectivity index is 1.97. The Hall–Kier alpha value is -2.11. The average Bonchev–Trinajstić information content (AvgIpc) is 3.13. The van der Waals surface area contributed by atoms with Gasteiger partial charge in [0.2, 0.25) is 5.91 Å². The summed E-state index contributed by atoms with van der Waals surface area (Å²) in [4.78, 5) is 14.5. The normalized spacial score (nSPS) is 18.4. The predicted molar refractivity (Wildman–Crippen MR) is 86.7 cm³/mol. The third-order valence-corrected chi connectivity index (χ3v) is 4.35. The standard InChI is InChI=1S/C17H24N4O2/c1-4-7-16(22)21-9-6-5-8-14(21)17-13(11-20(3)18-17)15-10-12(2)19-23-15/h10-11,14H,4-9H2,1-3H3/t14-/m0/s1. The molecular weight excluding hydrogens is 292 g/mol. The number of hydrogen-bond donors (Lipinski definition) is 0. The van der Waals surface area contributed by atoms with Crippen LogP contribution in [0.1, 0.15) is 56.5 Å². The van der Waals surface area contributed by atoms with Crippen LogP contribution in [0.5, 0.6) is 0 Å². The number of rotatable bonds is 4. The minimum Gasteiger partial charge on any atom is -0.356 e. The lowest BCUT2D eigenvalue weighted by Crippen LogP contribution is -2.38. The number of aryl methyl sites for hydroxylation is 2. The topological polar surface area (TPSA) is 64.2 Å². The lowest BCUT2D eigenvalue weighted by Gasteiger charge is -2.35. The monoisotopic (exact) mass is 316 g/mol. The van der Waals surface area contributed by atoms with E-state index in [1.807, 2.05) is 38.1 Å². The zero-order valence-corrected chi connectivity index (χ0v) is 14.1. The van der Waals surface area contributed by atoms with E-state index in [0.29, 0.717) is 6.42 Å². The van der Waals surface area contributed by atoms with Crippen molar-refractivity contribution in [3.8, 4) is 11.3 Å². The summed E-state index contributed by atoms with van der Waals surface area (Å²) in [5.74, 6) is 0.946. The average molecular weight is 316 g/mol. The van der Waals surface area contributed by atoms with Crippen LogP contribution in [0.15, 0.2) is 16.8 Å². The highest BCUT2D eigenvalue weighted by atomic mass is 16.5. The van der Waals surface area contributed by atoms with Crippen molar-refractivity contribution >= 4 is 5.91 Å². The molecular formula is C17H24N4O2. The number of carbonyl (C=O) groups excluding carboxylic acids is 1. The van der Waals surface area contributed by atoms with Crippen LogP contribution in [0.3, 0.4) is 0 Å². The molecule has 6 heteroatoms. The summed E-state index contributed by atoms with van der Waals surface area (Å²) >= 11 is 0. The quantitative estimate of drug-likeness (QED) is 0.868. The maximum Gasteiger partial charge on any atom is 0.223 e. The summed E-state index contributed by atoms with van der Waals surface area (Å²) in [5, 5.41) is 8.63. The molecule has 1 fully saturated rings. The third kappa shape index (κ3) is 3.16. The highest BCUT2D eigenvalue weighted by molar-refractivity contribution is 5.77. The first-order valence-electron chi connectivity index (χ1n) is 8.37. The van der Waals surface area contributed by atoms with Crippen LogP contribution in [0.25, 0.3) is 11.3 Å². The summed E-state index contributed by atoms with van der Waals surface area (Å²) in [6, 6.07) is 1.95. The molecule has 2 aromatic rings. The molecule has 124 valence electrons. The Morgan fingerprint density at radius 1 is 1.43 bits per heavy atom. The Bertz CT molecular complexity index is 689. The van der Waals surface area contributed by atoms with E-state index in [-0.39, 0.29) is 11.9 Å². The molecule has 1 aliphatic heterocycles. The van der Waals surface area contributed by atoms with Crippen LogP contribution < -0.4 is 0 Å². The van der Waals surface area contributed by atoms with Gasteiger partial charge in [-0.1, -0.05) is 12.1 Å². The summed E-state index contributed by atoms with van der Waals surface area (Å²) in [5.41, 5.74) is 2.71. The number of amides is 1. The second-order valence-corrected chi connectivity index (χ2v) is 6.28. The fourth-order valence-corrected chi connectivity index (χ4v) is 3.30. The van der Waals surface area contributed by atoms with Gasteiger partial charge in [-0.25, -0.2) is 0 Å². The van der Waals surface area contributed by atoms with Crippen molar-refractivity contribution in [1.82, 2.24) is 19.8 Å². The fourth-order valence-electron chi connectivity index (χ4n) is 3.30.